The molecule has 0 saturated carbocycles. The van der Waals surface area contributed by atoms with Crippen LogP contribution in [-0.4, -0.2) is 53.0 Å². The van der Waals surface area contributed by atoms with E-state index >= 15 is 0 Å². The summed E-state index contributed by atoms with van der Waals surface area (Å²) in [6.45, 7) is 3.53. The van der Waals surface area contributed by atoms with Crippen molar-refractivity contribution >= 4 is 5.91 Å². The molecule has 0 bridgehead atoms. The number of ether oxygens (including phenoxy) is 2. The number of carbonyl (C=O) groups excluding carboxylic acids is 1. The third kappa shape index (κ3) is 11.3. The molecule has 1 amide bonds. The molecule has 5 nitrogen and oxygen atoms in total. The van der Waals surface area contributed by atoms with Gasteiger partial charge in [0.2, 0.25) is 5.91 Å². The third-order valence-electron chi connectivity index (χ3n) is 1.86. The molecule has 0 heterocycles. The number of nitrogens with one attached hydrogen (secondary N) is 2. The molecule has 0 atom stereocenters. The Labute approximate surface area is 91.5 Å². The van der Waals surface area contributed by atoms with Crippen molar-refractivity contribution in [3.63, 3.8) is 0 Å². The molecular weight excluding hydrogens is 196 g/mol. The van der Waals surface area contributed by atoms with Crippen molar-refractivity contribution in [2.75, 3.05) is 47.1 Å². The molecule has 90 valence electrons. The molecule has 0 aromatic rings. The maximum atomic E-state index is 11.2. The quantitative estimate of drug-likeness (QED) is 0.497. The Balaban J connectivity index is 3.11. The lowest BCUT2D eigenvalue weighted by Crippen LogP contribution is -2.29. The first-order chi connectivity index (χ1) is 7.31. The van der Waals surface area contributed by atoms with E-state index < -0.39 is 0 Å². The van der Waals surface area contributed by atoms with Gasteiger partial charge in [-0.15, -0.1) is 0 Å². The molecule has 0 fully saturated rings. The van der Waals surface area contributed by atoms with Gasteiger partial charge in [0, 0.05) is 46.9 Å². The van der Waals surface area contributed by atoms with Gasteiger partial charge in [0.05, 0.1) is 6.61 Å². The summed E-state index contributed by atoms with van der Waals surface area (Å²) in [5, 5.41) is 5.93. The fourth-order valence-electron chi connectivity index (χ4n) is 1.03. The van der Waals surface area contributed by atoms with Gasteiger partial charge in [-0.1, -0.05) is 0 Å². The van der Waals surface area contributed by atoms with E-state index in [1.165, 1.54) is 0 Å². The molecule has 0 radical (unpaired) electrons. The largest absolute Gasteiger partial charge is 0.385 e. The van der Waals surface area contributed by atoms with Crippen molar-refractivity contribution < 1.29 is 14.3 Å². The molecule has 5 heteroatoms. The van der Waals surface area contributed by atoms with Crippen LogP contribution in [0.1, 0.15) is 12.8 Å². The van der Waals surface area contributed by atoms with E-state index in [-0.39, 0.29) is 5.91 Å². The Morgan fingerprint density at radius 1 is 1.07 bits per heavy atom. The van der Waals surface area contributed by atoms with Gasteiger partial charge in [0.15, 0.2) is 0 Å². The highest BCUT2D eigenvalue weighted by molar-refractivity contribution is 5.75. The first kappa shape index (κ1) is 14.3. The fourth-order valence-corrected chi connectivity index (χ4v) is 1.03. The lowest BCUT2D eigenvalue weighted by atomic mass is 10.3. The minimum Gasteiger partial charge on any atom is -0.385 e. The molecule has 0 aliphatic heterocycles. The molecule has 0 unspecified atom stereocenters. The standard InChI is InChI=1S/C10H22N2O3/c1-14-8-3-5-12-10(13)4-6-11-7-9-15-2/h11H,3-9H2,1-2H3,(H,12,13). The predicted molar refractivity (Wildman–Crippen MR) is 58.9 cm³/mol. The average molecular weight is 218 g/mol. The predicted octanol–water partition coefficient (Wildman–Crippen LogP) is -0.235. The van der Waals surface area contributed by atoms with Crippen LogP contribution < -0.4 is 10.6 Å². The maximum absolute atomic E-state index is 11.2. The van der Waals surface area contributed by atoms with E-state index in [1.807, 2.05) is 0 Å². The summed E-state index contributed by atoms with van der Waals surface area (Å²) >= 11 is 0. The monoisotopic (exact) mass is 218 g/mol. The molecule has 0 saturated heterocycles. The van der Waals surface area contributed by atoms with Crippen LogP contribution in [0.5, 0.6) is 0 Å². The van der Waals surface area contributed by atoms with Gasteiger partial charge < -0.3 is 20.1 Å². The molecule has 2 N–H and O–H groups in total. The Bertz CT molecular complexity index is 154. The highest BCUT2D eigenvalue weighted by atomic mass is 16.5. The molecule has 15 heavy (non-hydrogen) atoms. The molecule has 0 rings (SSSR count). The van der Waals surface area contributed by atoms with Crippen molar-refractivity contribution in [3.8, 4) is 0 Å². The van der Waals surface area contributed by atoms with Crippen molar-refractivity contribution in [1.29, 1.82) is 0 Å². The van der Waals surface area contributed by atoms with Crippen molar-refractivity contribution in [1.82, 2.24) is 10.6 Å². The normalized spacial score (nSPS) is 10.3. The first-order valence-corrected chi connectivity index (χ1v) is 5.26. The topological polar surface area (TPSA) is 59.6 Å². The summed E-state index contributed by atoms with van der Waals surface area (Å²) < 4.78 is 9.74. The second kappa shape index (κ2) is 11.4. The minimum atomic E-state index is 0.0796. The Morgan fingerprint density at radius 2 is 1.80 bits per heavy atom. The zero-order valence-electron chi connectivity index (χ0n) is 9.67. The molecule has 0 aromatic heterocycles. The zero-order chi connectivity index (χ0) is 11.4. The molecule has 0 spiro atoms. The number of carbonyl (C=O) groups is 1. The van der Waals surface area contributed by atoms with Gasteiger partial charge in [-0.2, -0.15) is 0 Å². The van der Waals surface area contributed by atoms with Gasteiger partial charge in [-0.05, 0) is 6.42 Å². The summed E-state index contributed by atoms with van der Waals surface area (Å²) in [6, 6.07) is 0. The van der Waals surface area contributed by atoms with Crippen molar-refractivity contribution in [2.45, 2.75) is 12.8 Å². The van der Waals surface area contributed by atoms with Crippen LogP contribution in [0.4, 0.5) is 0 Å². The van der Waals surface area contributed by atoms with Crippen LogP contribution in [-0.2, 0) is 14.3 Å². The number of hydrogen-bond acceptors (Lipinski definition) is 4. The SMILES string of the molecule is COCCCNC(=O)CCNCCOC. The third-order valence-corrected chi connectivity index (χ3v) is 1.86. The lowest BCUT2D eigenvalue weighted by molar-refractivity contribution is -0.121. The van der Waals surface area contributed by atoms with Gasteiger partial charge in [-0.25, -0.2) is 0 Å². The van der Waals surface area contributed by atoms with Crippen LogP contribution >= 0.6 is 0 Å². The van der Waals surface area contributed by atoms with Crippen LogP contribution in [0.15, 0.2) is 0 Å². The number of rotatable bonds is 10. The molecule has 0 aliphatic carbocycles. The number of methoxy groups -OCH3 is 2. The van der Waals surface area contributed by atoms with Gasteiger partial charge in [-0.3, -0.25) is 4.79 Å². The molecule has 0 aliphatic rings. The minimum absolute atomic E-state index is 0.0796. The summed E-state index contributed by atoms with van der Waals surface area (Å²) in [5.41, 5.74) is 0. The zero-order valence-corrected chi connectivity index (χ0v) is 9.67. The Morgan fingerprint density at radius 3 is 2.47 bits per heavy atom. The van der Waals surface area contributed by atoms with Crippen LogP contribution in [0, 0.1) is 0 Å². The summed E-state index contributed by atoms with van der Waals surface area (Å²) in [4.78, 5) is 11.2. The van der Waals surface area contributed by atoms with Crippen LogP contribution in [0.3, 0.4) is 0 Å². The fraction of sp³-hybridized carbons (Fsp3) is 0.900. The van der Waals surface area contributed by atoms with Crippen molar-refractivity contribution in [3.05, 3.63) is 0 Å². The van der Waals surface area contributed by atoms with E-state index in [4.69, 9.17) is 9.47 Å². The summed E-state index contributed by atoms with van der Waals surface area (Å²) in [7, 11) is 3.31. The van der Waals surface area contributed by atoms with E-state index in [0.29, 0.717) is 32.7 Å². The molecular formula is C10H22N2O3. The maximum Gasteiger partial charge on any atom is 0.221 e. The number of amides is 1. The summed E-state index contributed by atoms with van der Waals surface area (Å²) in [5.74, 6) is 0.0796. The second-order valence-corrected chi connectivity index (χ2v) is 3.19. The van der Waals surface area contributed by atoms with E-state index in [9.17, 15) is 4.79 Å². The van der Waals surface area contributed by atoms with Crippen LogP contribution in [0.25, 0.3) is 0 Å². The van der Waals surface area contributed by atoms with Crippen LogP contribution in [0.2, 0.25) is 0 Å². The van der Waals surface area contributed by atoms with E-state index in [1.54, 1.807) is 14.2 Å². The first-order valence-electron chi connectivity index (χ1n) is 5.26. The smallest absolute Gasteiger partial charge is 0.221 e. The van der Waals surface area contributed by atoms with Gasteiger partial charge in [0.1, 0.15) is 0 Å². The average Bonchev–Trinajstić information content (AvgIpc) is 2.24. The molecule has 0 aromatic carbocycles. The van der Waals surface area contributed by atoms with Crippen molar-refractivity contribution in [2.24, 2.45) is 0 Å². The van der Waals surface area contributed by atoms with Gasteiger partial charge >= 0.3 is 0 Å². The highest BCUT2D eigenvalue weighted by Gasteiger charge is 1.98. The van der Waals surface area contributed by atoms with E-state index in [2.05, 4.69) is 10.6 Å². The highest BCUT2D eigenvalue weighted by Crippen LogP contribution is 1.81. The Hall–Kier alpha value is -0.650. The van der Waals surface area contributed by atoms with E-state index in [0.717, 1.165) is 13.0 Å². The lowest BCUT2D eigenvalue weighted by Gasteiger charge is -2.05. The Kier molecular flexibility index (Phi) is 10.9. The summed E-state index contributed by atoms with van der Waals surface area (Å²) in [6.07, 6.45) is 1.37. The number of hydrogen-bond donors (Lipinski definition) is 2. The second-order valence-electron chi connectivity index (χ2n) is 3.19. The van der Waals surface area contributed by atoms with Gasteiger partial charge in [0.25, 0.3) is 0 Å².